The van der Waals surface area contributed by atoms with Crippen molar-refractivity contribution in [1.82, 2.24) is 0 Å². The molecule has 0 N–H and O–H groups in total. The van der Waals surface area contributed by atoms with Crippen LogP contribution in [0.1, 0.15) is 0 Å². The van der Waals surface area contributed by atoms with Crippen molar-refractivity contribution in [3.05, 3.63) is 0 Å². The Hall–Kier alpha value is 1.84. The number of hydrogen-bond acceptors (Lipinski definition) is 0. The van der Waals surface area contributed by atoms with Gasteiger partial charge in [-0.05, 0) is 0 Å². The van der Waals surface area contributed by atoms with Crippen LogP contribution in [0.5, 0.6) is 0 Å². The largest absolute Gasteiger partial charge is 3.00 e. The molecule has 28 valence electrons. The van der Waals surface area contributed by atoms with Crippen molar-refractivity contribution in [2.24, 2.45) is 0 Å². The fourth-order valence-corrected chi connectivity index (χ4v) is 0. The zero-order valence-corrected chi connectivity index (χ0v) is 10.5. The molecule has 0 saturated carbocycles. The first-order valence-corrected chi connectivity index (χ1v) is 0. The van der Waals surface area contributed by atoms with Gasteiger partial charge in [0.2, 0.25) is 0 Å². The van der Waals surface area contributed by atoms with Crippen LogP contribution in [-0.4, -0.2) is 62.7 Å². The van der Waals surface area contributed by atoms with E-state index in [0.717, 1.165) is 0 Å². The molecule has 0 aliphatic rings. The molecule has 6 heteroatoms. The van der Waals surface area contributed by atoms with Gasteiger partial charge in [-0.3, -0.25) is 0 Å². The normalized spacial score (nSPS) is 0. The summed E-state index contributed by atoms with van der Waals surface area (Å²) in [6.45, 7) is 0. The Kier molecular flexibility index (Phi) is 1250. The van der Waals surface area contributed by atoms with Gasteiger partial charge in [0, 0.05) is 11.0 Å². The van der Waals surface area contributed by atoms with Gasteiger partial charge in [0.25, 0.3) is 0 Å². The van der Waals surface area contributed by atoms with Crippen LogP contribution in [0.3, 0.4) is 0 Å². The summed E-state index contributed by atoms with van der Waals surface area (Å²) in [6, 6.07) is 0. The van der Waals surface area contributed by atoms with E-state index in [1.54, 1.807) is 0 Å². The van der Waals surface area contributed by atoms with Gasteiger partial charge in [-0.1, -0.05) is 0 Å². The Morgan fingerprint density at radius 2 is 0.500 bits per heavy atom. The van der Waals surface area contributed by atoms with E-state index in [9.17, 15) is 0 Å². The average molecular weight is 306 g/mol. The summed E-state index contributed by atoms with van der Waals surface area (Å²) in [7, 11) is 0. The van der Waals surface area contributed by atoms with E-state index in [0.29, 0.717) is 0 Å². The minimum absolute atomic E-state index is 0. The molecule has 0 fully saturated rings. The van der Waals surface area contributed by atoms with Crippen molar-refractivity contribution in [3.63, 3.8) is 0 Å². The molecule has 0 rings (SSSR count). The van der Waals surface area contributed by atoms with Crippen LogP contribution in [-0.2, 0) is 16.4 Å². The third kappa shape index (κ3) is 40.5. The maximum Gasteiger partial charge on any atom is 3.00 e. The van der Waals surface area contributed by atoms with E-state index in [-0.39, 0.29) is 79.1 Å². The topological polar surface area (TPSA) is 85.5 Å². The summed E-state index contributed by atoms with van der Waals surface area (Å²) in [5.74, 6) is 0. The van der Waals surface area contributed by atoms with Gasteiger partial charge < -0.3 is 16.4 Å². The van der Waals surface area contributed by atoms with E-state index >= 15 is 0 Å². The molecular weight excluding hydrogens is 306 g/mol. The summed E-state index contributed by atoms with van der Waals surface area (Å²) >= 11 is 0. The molecule has 0 aromatic carbocycles. The third-order valence-corrected chi connectivity index (χ3v) is 0. The van der Waals surface area contributed by atoms with Crippen molar-refractivity contribution in [2.75, 3.05) is 0 Å². The second-order valence-corrected chi connectivity index (χ2v) is 0. The molecule has 4 radical (unpaired) electrons. The molecule has 0 aliphatic carbocycles. The van der Waals surface area contributed by atoms with Crippen LogP contribution < -0.4 is 0 Å². The third-order valence-electron chi connectivity index (χ3n) is 0. The molecule has 0 heterocycles. The van der Waals surface area contributed by atoms with Crippen LogP contribution in [0.4, 0.5) is 0 Å². The first-order chi connectivity index (χ1) is 0. The second-order valence-electron chi connectivity index (χ2n) is 0. The minimum atomic E-state index is 0. The minimum Gasteiger partial charge on any atom is -2.00 e. The standard InChI is InChI=1S/2In.3O.Si/q2*+3;3*-2;. The molecule has 0 spiro atoms. The van der Waals surface area contributed by atoms with E-state index in [2.05, 4.69) is 0 Å². The van der Waals surface area contributed by atoms with Gasteiger partial charge in [-0.2, -0.15) is 0 Å². The zero-order valence-electron chi connectivity index (χ0n) is 2.88. The summed E-state index contributed by atoms with van der Waals surface area (Å²) in [4.78, 5) is 0. The second kappa shape index (κ2) is 69.0. The van der Waals surface area contributed by atoms with Crippen LogP contribution >= 0.6 is 0 Å². The summed E-state index contributed by atoms with van der Waals surface area (Å²) < 4.78 is 0. The van der Waals surface area contributed by atoms with Crippen molar-refractivity contribution in [2.45, 2.75) is 0 Å². The monoisotopic (exact) mass is 306 g/mol. The first-order valence-electron chi connectivity index (χ1n) is 0. The van der Waals surface area contributed by atoms with E-state index in [1.165, 1.54) is 0 Å². The average Bonchev–Trinajstić information content (AvgIpc) is 0. The van der Waals surface area contributed by atoms with Gasteiger partial charge in [-0.15, -0.1) is 0 Å². The summed E-state index contributed by atoms with van der Waals surface area (Å²) in [5, 5.41) is 0. The Morgan fingerprint density at radius 1 is 0.500 bits per heavy atom. The molecule has 0 unspecified atom stereocenters. The molecule has 0 aromatic rings. The predicted octanol–water partition coefficient (Wildman–Crippen LogP) is -1.50. The quantitative estimate of drug-likeness (QED) is 0.488. The first kappa shape index (κ1) is 109. The van der Waals surface area contributed by atoms with Crippen molar-refractivity contribution in [3.8, 4) is 0 Å². The molecular formula is In2O3Si. The smallest absolute Gasteiger partial charge is 2.00 e. The van der Waals surface area contributed by atoms with Crippen molar-refractivity contribution < 1.29 is 16.4 Å². The van der Waals surface area contributed by atoms with Gasteiger partial charge >= 0.3 is 51.7 Å². The Bertz CT molecular complexity index is 8.75. The molecule has 0 aromatic heterocycles. The molecule has 6 heavy (non-hydrogen) atoms. The number of rotatable bonds is 0. The SMILES string of the molecule is [In+3].[In+3].[O-2].[O-2].[O-2].[Si]. The van der Waals surface area contributed by atoms with Gasteiger partial charge in [0.1, 0.15) is 0 Å². The Balaban J connectivity index is 0. The Labute approximate surface area is 78.4 Å². The fraction of sp³-hybridized carbons (Fsp3) is 0. The van der Waals surface area contributed by atoms with Gasteiger partial charge in [0.05, 0.1) is 0 Å². The summed E-state index contributed by atoms with van der Waals surface area (Å²) in [5.41, 5.74) is 0. The van der Waals surface area contributed by atoms with Crippen LogP contribution in [0.2, 0.25) is 0 Å². The van der Waals surface area contributed by atoms with E-state index < -0.39 is 0 Å². The Morgan fingerprint density at radius 3 is 0.500 bits per heavy atom. The van der Waals surface area contributed by atoms with Crippen LogP contribution in [0.15, 0.2) is 0 Å². The van der Waals surface area contributed by atoms with Gasteiger partial charge in [0.15, 0.2) is 0 Å². The molecule has 0 amide bonds. The van der Waals surface area contributed by atoms with E-state index in [4.69, 9.17) is 0 Å². The van der Waals surface area contributed by atoms with Crippen molar-refractivity contribution >= 4 is 62.7 Å². The molecule has 3 nitrogen and oxygen atoms in total. The van der Waals surface area contributed by atoms with Crippen LogP contribution in [0.25, 0.3) is 0 Å². The summed E-state index contributed by atoms with van der Waals surface area (Å²) in [6.07, 6.45) is 0. The van der Waals surface area contributed by atoms with E-state index in [1.807, 2.05) is 0 Å². The zero-order chi connectivity index (χ0) is 0. The maximum atomic E-state index is 0. The fourth-order valence-electron chi connectivity index (χ4n) is 0. The van der Waals surface area contributed by atoms with Crippen LogP contribution in [0, 0.1) is 0 Å². The molecule has 0 aliphatic heterocycles. The molecule has 0 saturated heterocycles. The number of hydrogen-bond donors (Lipinski definition) is 0. The molecule has 0 bridgehead atoms. The molecule has 0 atom stereocenters. The predicted molar refractivity (Wildman–Crippen MR) is 19.3 cm³/mol. The maximum absolute atomic E-state index is 0. The van der Waals surface area contributed by atoms with Crippen molar-refractivity contribution in [1.29, 1.82) is 0 Å². The van der Waals surface area contributed by atoms with Gasteiger partial charge in [-0.25, -0.2) is 0 Å².